The van der Waals surface area contributed by atoms with Gasteiger partial charge in [0.15, 0.2) is 5.76 Å². The van der Waals surface area contributed by atoms with Crippen LogP contribution in [0.25, 0.3) is 5.57 Å². The van der Waals surface area contributed by atoms with Gasteiger partial charge in [0.25, 0.3) is 0 Å². The van der Waals surface area contributed by atoms with Crippen molar-refractivity contribution in [3.05, 3.63) is 59.9 Å². The van der Waals surface area contributed by atoms with Crippen LogP contribution in [0.3, 0.4) is 0 Å². The Labute approximate surface area is 158 Å². The summed E-state index contributed by atoms with van der Waals surface area (Å²) in [5, 5.41) is 9.19. The number of carbonyl (C=O) groups is 1. The molecule has 0 saturated carbocycles. The Hall–Kier alpha value is -2.28. The number of hydrogen-bond acceptors (Lipinski definition) is 5. The quantitative estimate of drug-likeness (QED) is 0.303. The lowest BCUT2D eigenvalue weighted by Gasteiger charge is -2.22. The van der Waals surface area contributed by atoms with E-state index in [1.54, 1.807) is 19.9 Å². The standard InChI is InChI=1S/C20H22O5S/c1-3-23-20(24-4-2)18(13-19(21)22)25-17-8-6-5-7-16(17)14-9-11-15(26)12-10-14/h5-11,13,20H,3-4,12H2,1-2H3,(H,21,22). The number of aliphatic carboxylic acids is 1. The van der Waals surface area contributed by atoms with Gasteiger partial charge in [-0.3, -0.25) is 0 Å². The zero-order valence-electron chi connectivity index (χ0n) is 14.8. The molecule has 1 aliphatic rings. The summed E-state index contributed by atoms with van der Waals surface area (Å²) in [6.45, 7) is 4.33. The van der Waals surface area contributed by atoms with Crippen molar-refractivity contribution in [2.45, 2.75) is 26.6 Å². The lowest BCUT2D eigenvalue weighted by Crippen LogP contribution is -2.24. The van der Waals surface area contributed by atoms with Crippen molar-refractivity contribution in [3.8, 4) is 5.75 Å². The molecule has 0 unspecified atom stereocenters. The van der Waals surface area contributed by atoms with Gasteiger partial charge in [0.1, 0.15) is 5.75 Å². The molecule has 0 radical (unpaired) electrons. The normalized spacial score (nSPS) is 14.5. The first-order valence-corrected chi connectivity index (χ1v) is 8.82. The van der Waals surface area contributed by atoms with E-state index in [1.165, 1.54) is 0 Å². The summed E-state index contributed by atoms with van der Waals surface area (Å²) in [5.74, 6) is -0.526. The number of para-hydroxylation sites is 1. The number of hydrogen-bond donors (Lipinski definition) is 1. The highest BCUT2D eigenvalue weighted by Gasteiger charge is 2.21. The predicted molar refractivity (Wildman–Crippen MR) is 104 cm³/mol. The third-order valence-corrected chi connectivity index (χ3v) is 3.83. The predicted octanol–water partition coefficient (Wildman–Crippen LogP) is 4.15. The van der Waals surface area contributed by atoms with Crippen LogP contribution in [-0.4, -0.2) is 35.4 Å². The molecule has 0 atom stereocenters. The number of thiocarbonyl (C=S) groups is 1. The molecule has 138 valence electrons. The fraction of sp³-hybridized carbons (Fsp3) is 0.300. The molecule has 0 aromatic heterocycles. The SMILES string of the molecule is CCOC(OCC)C(=CC(=O)O)Oc1ccccc1C1=CCC(=S)C=C1. The largest absolute Gasteiger partial charge is 0.478 e. The van der Waals surface area contributed by atoms with E-state index in [1.807, 2.05) is 36.4 Å². The molecule has 5 nitrogen and oxygen atoms in total. The average molecular weight is 374 g/mol. The maximum absolute atomic E-state index is 11.2. The van der Waals surface area contributed by atoms with Crippen molar-refractivity contribution in [1.29, 1.82) is 0 Å². The lowest BCUT2D eigenvalue weighted by molar-refractivity contribution is -0.136. The minimum atomic E-state index is -1.14. The van der Waals surface area contributed by atoms with Crippen LogP contribution in [0, 0.1) is 0 Å². The zero-order chi connectivity index (χ0) is 18.9. The summed E-state index contributed by atoms with van der Waals surface area (Å²) in [4.78, 5) is 12.1. The van der Waals surface area contributed by atoms with Gasteiger partial charge in [-0.1, -0.05) is 42.6 Å². The maximum Gasteiger partial charge on any atom is 0.331 e. The molecule has 0 bridgehead atoms. The van der Waals surface area contributed by atoms with Crippen LogP contribution >= 0.6 is 12.2 Å². The van der Waals surface area contributed by atoms with Gasteiger partial charge in [0.2, 0.25) is 6.29 Å². The second-order valence-corrected chi connectivity index (χ2v) is 5.91. The van der Waals surface area contributed by atoms with Gasteiger partial charge < -0.3 is 19.3 Å². The van der Waals surface area contributed by atoms with Crippen LogP contribution in [0.4, 0.5) is 0 Å². The first-order chi connectivity index (χ1) is 12.5. The van der Waals surface area contributed by atoms with Crippen LogP contribution in [0.2, 0.25) is 0 Å². The molecule has 1 aliphatic carbocycles. The highest BCUT2D eigenvalue weighted by Crippen LogP contribution is 2.31. The average Bonchev–Trinajstić information content (AvgIpc) is 2.62. The summed E-state index contributed by atoms with van der Waals surface area (Å²) in [6, 6.07) is 7.41. The Morgan fingerprint density at radius 1 is 1.23 bits per heavy atom. The Balaban J connectivity index is 2.35. The zero-order valence-corrected chi connectivity index (χ0v) is 15.6. The highest BCUT2D eigenvalue weighted by atomic mass is 32.1. The van der Waals surface area contributed by atoms with Gasteiger partial charge in [0.05, 0.1) is 6.08 Å². The van der Waals surface area contributed by atoms with Crippen molar-refractivity contribution in [1.82, 2.24) is 0 Å². The third kappa shape index (κ3) is 5.62. The molecule has 0 amide bonds. The summed E-state index contributed by atoms with van der Waals surface area (Å²) in [5.41, 5.74) is 1.81. The molecule has 0 fully saturated rings. The van der Waals surface area contributed by atoms with Crippen molar-refractivity contribution in [2.24, 2.45) is 0 Å². The van der Waals surface area contributed by atoms with Gasteiger partial charge in [-0.25, -0.2) is 4.79 Å². The molecule has 6 heteroatoms. The first kappa shape index (κ1) is 20.0. The first-order valence-electron chi connectivity index (χ1n) is 8.41. The van der Waals surface area contributed by atoms with E-state index in [4.69, 9.17) is 26.4 Å². The summed E-state index contributed by atoms with van der Waals surface area (Å²) < 4.78 is 16.9. The number of benzene rings is 1. The fourth-order valence-corrected chi connectivity index (χ4v) is 2.58. The Morgan fingerprint density at radius 2 is 1.92 bits per heavy atom. The molecule has 26 heavy (non-hydrogen) atoms. The van der Waals surface area contributed by atoms with Crippen molar-refractivity contribution >= 4 is 28.6 Å². The fourth-order valence-electron chi connectivity index (χ4n) is 2.43. The number of carboxylic acid groups (broad SMARTS) is 1. The summed E-state index contributed by atoms with van der Waals surface area (Å²) in [6.07, 6.45) is 6.60. The van der Waals surface area contributed by atoms with E-state index in [-0.39, 0.29) is 5.76 Å². The van der Waals surface area contributed by atoms with Crippen LogP contribution in [0.1, 0.15) is 25.8 Å². The number of allylic oxidation sites excluding steroid dienone is 4. The van der Waals surface area contributed by atoms with E-state index < -0.39 is 12.3 Å². The van der Waals surface area contributed by atoms with Crippen LogP contribution < -0.4 is 4.74 Å². The molecule has 2 rings (SSSR count). The Kier molecular flexibility index (Phi) is 7.72. The molecule has 0 heterocycles. The minimum Gasteiger partial charge on any atom is -0.478 e. The van der Waals surface area contributed by atoms with Crippen molar-refractivity contribution < 1.29 is 24.1 Å². The molecule has 1 aromatic carbocycles. The van der Waals surface area contributed by atoms with Crippen molar-refractivity contribution in [2.75, 3.05) is 13.2 Å². The van der Waals surface area contributed by atoms with Crippen LogP contribution in [-0.2, 0) is 14.3 Å². The summed E-state index contributed by atoms with van der Waals surface area (Å²) >= 11 is 5.18. The van der Waals surface area contributed by atoms with E-state index in [9.17, 15) is 9.90 Å². The maximum atomic E-state index is 11.2. The molecule has 1 N–H and O–H groups in total. The van der Waals surface area contributed by atoms with Gasteiger partial charge >= 0.3 is 5.97 Å². The topological polar surface area (TPSA) is 65.0 Å². The number of carboxylic acids is 1. The molecule has 0 spiro atoms. The van der Waals surface area contributed by atoms with Crippen LogP contribution in [0.15, 0.2) is 54.3 Å². The third-order valence-electron chi connectivity index (χ3n) is 3.53. The Morgan fingerprint density at radius 3 is 2.50 bits per heavy atom. The van der Waals surface area contributed by atoms with Crippen molar-refractivity contribution in [3.63, 3.8) is 0 Å². The number of ether oxygens (including phenoxy) is 3. The minimum absolute atomic E-state index is 0.0876. The highest BCUT2D eigenvalue weighted by molar-refractivity contribution is 7.80. The van der Waals surface area contributed by atoms with Gasteiger partial charge in [-0.2, -0.15) is 0 Å². The van der Waals surface area contributed by atoms with Crippen LogP contribution in [0.5, 0.6) is 5.75 Å². The van der Waals surface area contributed by atoms with E-state index in [0.29, 0.717) is 25.4 Å². The van der Waals surface area contributed by atoms with E-state index in [2.05, 4.69) is 0 Å². The number of rotatable bonds is 9. The smallest absolute Gasteiger partial charge is 0.331 e. The van der Waals surface area contributed by atoms with E-state index >= 15 is 0 Å². The van der Waals surface area contributed by atoms with E-state index in [0.717, 1.165) is 22.1 Å². The van der Waals surface area contributed by atoms with Gasteiger partial charge in [-0.15, -0.1) is 0 Å². The molecule has 1 aromatic rings. The molecule has 0 saturated heterocycles. The monoisotopic (exact) mass is 374 g/mol. The molecular weight excluding hydrogens is 352 g/mol. The Bertz CT molecular complexity index is 742. The lowest BCUT2D eigenvalue weighted by atomic mass is 9.99. The van der Waals surface area contributed by atoms with Gasteiger partial charge in [-0.05, 0) is 31.6 Å². The second kappa shape index (κ2) is 10.0. The molecular formula is C20H22O5S. The second-order valence-electron chi connectivity index (χ2n) is 5.39. The summed E-state index contributed by atoms with van der Waals surface area (Å²) in [7, 11) is 0. The van der Waals surface area contributed by atoms with Gasteiger partial charge in [0, 0.05) is 30.1 Å². The molecule has 0 aliphatic heterocycles.